The first kappa shape index (κ1) is 23.1. The number of hydrogen-bond acceptors (Lipinski definition) is 6. The summed E-state index contributed by atoms with van der Waals surface area (Å²) in [5.74, 6) is -0.645. The third-order valence-corrected chi connectivity index (χ3v) is 6.27. The van der Waals surface area contributed by atoms with Gasteiger partial charge in [0.1, 0.15) is 0 Å². The lowest BCUT2D eigenvalue weighted by Crippen LogP contribution is -2.29. The monoisotopic (exact) mass is 454 g/mol. The van der Waals surface area contributed by atoms with Crippen LogP contribution in [0, 0.1) is 17.0 Å². The Bertz CT molecular complexity index is 1180. The summed E-state index contributed by atoms with van der Waals surface area (Å²) in [6.45, 7) is 1.82. The molecule has 0 aliphatic carbocycles. The number of benzene rings is 3. The summed E-state index contributed by atoms with van der Waals surface area (Å²) in [6, 6.07) is 20.0. The van der Waals surface area contributed by atoms with Crippen molar-refractivity contribution in [3.8, 4) is 0 Å². The number of ether oxygens (including phenoxy) is 1. The van der Waals surface area contributed by atoms with E-state index in [1.807, 2.05) is 13.0 Å². The highest BCUT2D eigenvalue weighted by atomic mass is 32.2. The predicted molar refractivity (Wildman–Crippen MR) is 119 cm³/mol. The average molecular weight is 455 g/mol. The summed E-state index contributed by atoms with van der Waals surface area (Å²) in [6.07, 6.45) is 0.202. The summed E-state index contributed by atoms with van der Waals surface area (Å²) < 4.78 is 33.7. The number of carbonyl (C=O) groups is 1. The van der Waals surface area contributed by atoms with Gasteiger partial charge in [0.2, 0.25) is 10.0 Å². The van der Waals surface area contributed by atoms with E-state index >= 15 is 0 Å². The minimum absolute atomic E-state index is 0.0498. The van der Waals surface area contributed by atoms with Gasteiger partial charge in [0.25, 0.3) is 5.69 Å². The standard InChI is InChI=1S/C23H22N2O6S/c1-17-7-13-21(14-8-17)32(29,30)24-22(18-5-3-2-4-6-18)15-16-31-23(26)19-9-11-20(12-10-19)25(27)28/h2-14,22,24H,15-16H2,1H3/t22-/m0/s1. The van der Waals surface area contributed by atoms with Crippen LogP contribution < -0.4 is 4.72 Å². The molecule has 166 valence electrons. The van der Waals surface area contributed by atoms with Crippen molar-refractivity contribution in [2.45, 2.75) is 24.3 Å². The molecule has 1 N–H and O–H groups in total. The number of nitrogens with one attached hydrogen (secondary N) is 1. The Balaban J connectivity index is 1.69. The van der Waals surface area contributed by atoms with Crippen LogP contribution in [0.15, 0.2) is 83.8 Å². The van der Waals surface area contributed by atoms with Gasteiger partial charge >= 0.3 is 5.97 Å². The van der Waals surface area contributed by atoms with E-state index in [1.54, 1.807) is 36.4 Å². The Kier molecular flexibility index (Phi) is 7.34. The minimum Gasteiger partial charge on any atom is -0.462 e. The Morgan fingerprint density at radius 1 is 1.00 bits per heavy atom. The molecule has 0 amide bonds. The van der Waals surface area contributed by atoms with E-state index in [0.29, 0.717) is 0 Å². The van der Waals surface area contributed by atoms with E-state index in [0.717, 1.165) is 11.1 Å². The SMILES string of the molecule is Cc1ccc(S(=O)(=O)N[C@@H](CCOC(=O)c2ccc([N+](=O)[O-])cc2)c2ccccc2)cc1. The number of aryl methyl sites for hydroxylation is 1. The van der Waals surface area contributed by atoms with Crippen LogP contribution in [-0.4, -0.2) is 25.9 Å². The number of nitrogens with zero attached hydrogens (tertiary/aromatic N) is 1. The zero-order valence-corrected chi connectivity index (χ0v) is 18.1. The molecule has 1 atom stereocenters. The van der Waals surface area contributed by atoms with Crippen molar-refractivity contribution >= 4 is 21.7 Å². The Morgan fingerprint density at radius 2 is 1.62 bits per heavy atom. The van der Waals surface area contributed by atoms with Crippen LogP contribution in [0.1, 0.15) is 33.9 Å². The molecule has 0 saturated carbocycles. The fourth-order valence-corrected chi connectivity index (χ4v) is 4.28. The third kappa shape index (κ3) is 5.99. The minimum atomic E-state index is -3.79. The van der Waals surface area contributed by atoms with Crippen LogP contribution in [0.4, 0.5) is 5.69 Å². The molecule has 0 aliphatic rings. The topological polar surface area (TPSA) is 116 Å². The summed E-state index contributed by atoms with van der Waals surface area (Å²) >= 11 is 0. The highest BCUT2D eigenvalue weighted by Gasteiger charge is 2.22. The average Bonchev–Trinajstić information content (AvgIpc) is 2.79. The van der Waals surface area contributed by atoms with Gasteiger partial charge in [-0.2, -0.15) is 0 Å². The first-order valence-electron chi connectivity index (χ1n) is 9.82. The highest BCUT2D eigenvalue weighted by Crippen LogP contribution is 2.21. The largest absolute Gasteiger partial charge is 0.462 e. The quantitative estimate of drug-likeness (QED) is 0.295. The molecule has 0 unspecified atom stereocenters. The van der Waals surface area contributed by atoms with Crippen molar-refractivity contribution in [1.29, 1.82) is 0 Å². The summed E-state index contributed by atoms with van der Waals surface area (Å²) in [7, 11) is -3.79. The number of non-ortho nitro benzene ring substituents is 1. The van der Waals surface area contributed by atoms with Gasteiger partial charge in [-0.1, -0.05) is 48.0 Å². The molecule has 0 aliphatic heterocycles. The van der Waals surface area contributed by atoms with Crippen molar-refractivity contribution in [1.82, 2.24) is 4.72 Å². The number of nitro benzene ring substituents is 1. The zero-order chi connectivity index (χ0) is 23.1. The maximum atomic E-state index is 12.9. The Morgan fingerprint density at radius 3 is 2.22 bits per heavy atom. The van der Waals surface area contributed by atoms with Crippen molar-refractivity contribution in [2.24, 2.45) is 0 Å². The van der Waals surface area contributed by atoms with E-state index in [2.05, 4.69) is 4.72 Å². The first-order valence-corrected chi connectivity index (χ1v) is 11.3. The van der Waals surface area contributed by atoms with Gasteiger partial charge < -0.3 is 4.74 Å². The summed E-state index contributed by atoms with van der Waals surface area (Å²) in [4.78, 5) is 22.6. The number of hydrogen-bond donors (Lipinski definition) is 1. The molecule has 9 heteroatoms. The lowest BCUT2D eigenvalue weighted by Gasteiger charge is -2.19. The van der Waals surface area contributed by atoms with Gasteiger partial charge in [-0.05, 0) is 36.8 Å². The Hall–Kier alpha value is -3.56. The van der Waals surface area contributed by atoms with E-state index in [9.17, 15) is 23.3 Å². The molecule has 0 fully saturated rings. The lowest BCUT2D eigenvalue weighted by atomic mass is 10.1. The second-order valence-electron chi connectivity index (χ2n) is 7.13. The van der Waals surface area contributed by atoms with Crippen molar-refractivity contribution in [3.63, 3.8) is 0 Å². The molecule has 3 rings (SSSR count). The van der Waals surface area contributed by atoms with Gasteiger partial charge in [0.05, 0.1) is 28.0 Å². The molecule has 0 radical (unpaired) electrons. The van der Waals surface area contributed by atoms with Gasteiger partial charge in [0.15, 0.2) is 0 Å². The van der Waals surface area contributed by atoms with Crippen LogP contribution in [0.5, 0.6) is 0 Å². The van der Waals surface area contributed by atoms with Crippen LogP contribution in [-0.2, 0) is 14.8 Å². The van der Waals surface area contributed by atoms with E-state index < -0.39 is 27.0 Å². The van der Waals surface area contributed by atoms with E-state index in [-0.39, 0.29) is 29.2 Å². The number of carbonyl (C=O) groups excluding carboxylic acids is 1. The maximum absolute atomic E-state index is 12.9. The lowest BCUT2D eigenvalue weighted by molar-refractivity contribution is -0.384. The molecule has 0 heterocycles. The third-order valence-electron chi connectivity index (χ3n) is 4.78. The second-order valence-corrected chi connectivity index (χ2v) is 8.84. The molecule has 0 aromatic heterocycles. The van der Waals surface area contributed by atoms with Crippen LogP contribution >= 0.6 is 0 Å². The van der Waals surface area contributed by atoms with Crippen molar-refractivity contribution in [2.75, 3.05) is 6.61 Å². The number of sulfonamides is 1. The number of rotatable bonds is 9. The molecule has 8 nitrogen and oxygen atoms in total. The second kappa shape index (κ2) is 10.2. The smallest absolute Gasteiger partial charge is 0.338 e. The van der Waals surface area contributed by atoms with Crippen molar-refractivity contribution < 1.29 is 22.9 Å². The Labute approximate surface area is 186 Å². The molecule has 0 spiro atoms. The zero-order valence-electron chi connectivity index (χ0n) is 17.3. The summed E-state index contributed by atoms with van der Waals surface area (Å²) in [5, 5.41) is 10.7. The fourth-order valence-electron chi connectivity index (χ4n) is 3.02. The molecular formula is C23H22N2O6S. The molecule has 3 aromatic rings. The molecule has 3 aromatic carbocycles. The molecule has 32 heavy (non-hydrogen) atoms. The number of esters is 1. The fraction of sp³-hybridized carbons (Fsp3) is 0.174. The van der Waals surface area contributed by atoms with Gasteiger partial charge in [-0.15, -0.1) is 0 Å². The van der Waals surface area contributed by atoms with Crippen LogP contribution in [0.25, 0.3) is 0 Å². The van der Waals surface area contributed by atoms with Gasteiger partial charge in [-0.25, -0.2) is 17.9 Å². The first-order chi connectivity index (χ1) is 15.3. The van der Waals surface area contributed by atoms with Gasteiger partial charge in [-0.3, -0.25) is 10.1 Å². The van der Waals surface area contributed by atoms with Crippen LogP contribution in [0.3, 0.4) is 0 Å². The predicted octanol–water partition coefficient (Wildman–Crippen LogP) is 4.17. The highest BCUT2D eigenvalue weighted by molar-refractivity contribution is 7.89. The molecule has 0 bridgehead atoms. The molecule has 0 saturated heterocycles. The van der Waals surface area contributed by atoms with Crippen molar-refractivity contribution in [3.05, 3.63) is 106 Å². The van der Waals surface area contributed by atoms with E-state index in [4.69, 9.17) is 4.74 Å². The summed E-state index contributed by atoms with van der Waals surface area (Å²) in [5.41, 5.74) is 1.72. The molecular weight excluding hydrogens is 432 g/mol. The number of nitro groups is 1. The normalized spacial score (nSPS) is 12.2. The van der Waals surface area contributed by atoms with Gasteiger partial charge in [0, 0.05) is 18.6 Å². The van der Waals surface area contributed by atoms with Crippen LogP contribution in [0.2, 0.25) is 0 Å². The van der Waals surface area contributed by atoms with E-state index in [1.165, 1.54) is 36.4 Å². The maximum Gasteiger partial charge on any atom is 0.338 e.